The Morgan fingerprint density at radius 2 is 1.85 bits per heavy atom. The fourth-order valence-corrected chi connectivity index (χ4v) is 6.91. The van der Waals surface area contributed by atoms with Gasteiger partial charge in [-0.2, -0.15) is 5.10 Å². The number of pyridine rings is 2. The van der Waals surface area contributed by atoms with Crippen molar-refractivity contribution in [3.05, 3.63) is 96.1 Å². The third-order valence-electron chi connectivity index (χ3n) is 8.76. The zero-order chi connectivity index (χ0) is 31.9. The average molecular weight is 635 g/mol. The molecule has 0 saturated carbocycles. The van der Waals surface area contributed by atoms with Gasteiger partial charge in [0.15, 0.2) is 5.76 Å². The summed E-state index contributed by atoms with van der Waals surface area (Å²) in [5.41, 5.74) is 6.55. The van der Waals surface area contributed by atoms with E-state index in [9.17, 15) is 17.6 Å². The number of aryl methyl sites for hydroxylation is 2. The van der Waals surface area contributed by atoms with Crippen molar-refractivity contribution in [3.63, 3.8) is 0 Å². The van der Waals surface area contributed by atoms with Crippen LogP contribution in [-0.4, -0.2) is 53.8 Å². The van der Waals surface area contributed by atoms with Gasteiger partial charge in [-0.15, -0.1) is 0 Å². The number of rotatable bonds is 5. The molecule has 0 unspecified atom stereocenters. The molecule has 0 radical (unpaired) electrons. The second-order valence-corrected chi connectivity index (χ2v) is 13.4. The molecular formula is C34H27FN6O4S. The minimum atomic E-state index is -3.71. The predicted octanol–water partition coefficient (Wildman–Crippen LogP) is 5.88. The summed E-state index contributed by atoms with van der Waals surface area (Å²) in [6.45, 7) is 0.682. The number of sulfonamides is 1. The number of fused-ring (bicyclic) bond motifs is 7. The molecule has 5 aromatic heterocycles. The third kappa shape index (κ3) is 4.13. The van der Waals surface area contributed by atoms with Crippen molar-refractivity contribution in [2.45, 2.75) is 13.0 Å². The van der Waals surface area contributed by atoms with E-state index in [1.807, 2.05) is 42.5 Å². The van der Waals surface area contributed by atoms with Crippen molar-refractivity contribution in [2.75, 3.05) is 24.7 Å². The molecule has 1 N–H and O–H groups in total. The maximum atomic E-state index is 14.8. The lowest BCUT2D eigenvalue weighted by molar-refractivity contribution is 0.0964. The Morgan fingerprint density at radius 1 is 1.02 bits per heavy atom. The summed E-state index contributed by atoms with van der Waals surface area (Å²) in [5.74, 6) is -0.363. The molecule has 2 aromatic carbocycles. The van der Waals surface area contributed by atoms with Gasteiger partial charge in [-0.25, -0.2) is 22.3 Å². The molecule has 1 amide bonds. The van der Waals surface area contributed by atoms with E-state index in [1.165, 1.54) is 17.4 Å². The molecule has 8 rings (SSSR count). The lowest BCUT2D eigenvalue weighted by Gasteiger charge is -2.23. The van der Waals surface area contributed by atoms with Crippen LogP contribution in [0.3, 0.4) is 0 Å². The molecule has 7 aromatic rings. The van der Waals surface area contributed by atoms with Crippen molar-refractivity contribution < 1.29 is 22.0 Å². The van der Waals surface area contributed by atoms with Crippen LogP contribution in [0, 0.1) is 5.82 Å². The van der Waals surface area contributed by atoms with Crippen LogP contribution in [0.25, 0.3) is 61.4 Å². The van der Waals surface area contributed by atoms with Crippen LogP contribution in [0.15, 0.2) is 83.5 Å². The quantitative estimate of drug-likeness (QED) is 0.253. The minimum Gasteiger partial charge on any atom is -0.455 e. The number of amides is 1. The first-order valence-corrected chi connectivity index (χ1v) is 16.5. The molecule has 1 aliphatic rings. The highest BCUT2D eigenvalue weighted by atomic mass is 32.2. The first kappa shape index (κ1) is 28.0. The van der Waals surface area contributed by atoms with Crippen molar-refractivity contribution >= 4 is 49.0 Å². The number of benzene rings is 2. The van der Waals surface area contributed by atoms with E-state index >= 15 is 0 Å². The molecule has 0 fully saturated rings. The van der Waals surface area contributed by atoms with Crippen LogP contribution >= 0.6 is 0 Å². The van der Waals surface area contributed by atoms with Gasteiger partial charge in [0.25, 0.3) is 5.91 Å². The molecule has 230 valence electrons. The smallest absolute Gasteiger partial charge is 0.255 e. The Balaban J connectivity index is 1.40. The zero-order valence-corrected chi connectivity index (χ0v) is 25.9. The Hall–Kier alpha value is -5.49. The molecule has 0 atom stereocenters. The van der Waals surface area contributed by atoms with E-state index in [0.29, 0.717) is 68.8 Å². The van der Waals surface area contributed by atoms with Gasteiger partial charge in [-0.3, -0.25) is 9.10 Å². The van der Waals surface area contributed by atoms with Crippen LogP contribution < -0.4 is 9.62 Å². The van der Waals surface area contributed by atoms with Gasteiger partial charge in [-0.1, -0.05) is 18.2 Å². The summed E-state index contributed by atoms with van der Waals surface area (Å²) >= 11 is 0. The number of nitrogens with one attached hydrogen (secondary N) is 1. The number of anilines is 1. The summed E-state index contributed by atoms with van der Waals surface area (Å²) in [7, 11) is -0.705. The number of nitrogens with zero attached hydrogens (tertiary/aromatic N) is 5. The van der Waals surface area contributed by atoms with Crippen LogP contribution in [0.2, 0.25) is 0 Å². The molecule has 0 aliphatic carbocycles. The molecule has 1 aliphatic heterocycles. The molecule has 12 heteroatoms. The maximum absolute atomic E-state index is 14.8. The molecule has 46 heavy (non-hydrogen) atoms. The van der Waals surface area contributed by atoms with Crippen molar-refractivity contribution in [3.8, 4) is 34.0 Å². The van der Waals surface area contributed by atoms with Gasteiger partial charge in [0.2, 0.25) is 10.0 Å². The number of carbonyl (C=O) groups is 1. The maximum Gasteiger partial charge on any atom is 0.255 e. The monoisotopic (exact) mass is 634 g/mol. The molecule has 0 saturated heterocycles. The van der Waals surface area contributed by atoms with Crippen LogP contribution in [-0.2, 0) is 23.0 Å². The Bertz CT molecular complexity index is 2510. The van der Waals surface area contributed by atoms with Gasteiger partial charge in [-0.05, 0) is 54.4 Å². The lowest BCUT2D eigenvalue weighted by atomic mass is 9.99. The largest absolute Gasteiger partial charge is 0.455 e. The van der Waals surface area contributed by atoms with E-state index in [0.717, 1.165) is 28.5 Å². The standard InChI is InChI=1S/C34H27FN6O4S/c1-36-34(42)31-22-15-21(25-11-10-19-12-14-40-26-9-6-7-24(35)20(26)16-29(40)32(19)38-25)28(39(2)46(3,43)44)17-30(22)45-33(31)23-18-37-41-13-5-4-8-27(23)41/h4-11,13,15-18H,12,14H2,1-3H3,(H,36,42). The SMILES string of the molecule is CNC(=O)c1c(-c2cnn3ccccc23)oc2cc(N(C)S(C)(=O)=O)c(-c3ccc4c(n3)-c3cc5c(F)cccc5n3CC4)cc12. The number of furan rings is 1. The van der Waals surface area contributed by atoms with E-state index in [2.05, 4.69) is 15.0 Å². The highest BCUT2D eigenvalue weighted by Gasteiger charge is 2.29. The average Bonchev–Trinajstić information content (AvgIpc) is 3.76. The lowest BCUT2D eigenvalue weighted by Crippen LogP contribution is -2.25. The fraction of sp³-hybridized carbons (Fsp3) is 0.147. The van der Waals surface area contributed by atoms with Crippen LogP contribution in [0.4, 0.5) is 10.1 Å². The second-order valence-electron chi connectivity index (χ2n) is 11.4. The highest BCUT2D eigenvalue weighted by molar-refractivity contribution is 7.92. The van der Waals surface area contributed by atoms with Crippen molar-refractivity contribution in [1.29, 1.82) is 0 Å². The minimum absolute atomic E-state index is 0.291. The molecule has 0 spiro atoms. The molecule has 10 nitrogen and oxygen atoms in total. The van der Waals surface area contributed by atoms with Gasteiger partial charge in [0, 0.05) is 49.2 Å². The summed E-state index contributed by atoms with van der Waals surface area (Å²) in [4.78, 5) is 18.5. The van der Waals surface area contributed by atoms with E-state index in [1.54, 1.807) is 42.2 Å². The summed E-state index contributed by atoms with van der Waals surface area (Å²) < 4.78 is 51.9. The summed E-state index contributed by atoms with van der Waals surface area (Å²) in [6, 6.07) is 19.6. The highest BCUT2D eigenvalue weighted by Crippen LogP contribution is 2.43. The van der Waals surface area contributed by atoms with Gasteiger partial charge < -0.3 is 14.3 Å². The van der Waals surface area contributed by atoms with E-state index in [4.69, 9.17) is 9.40 Å². The number of aromatic nitrogens is 4. The Morgan fingerprint density at radius 3 is 2.65 bits per heavy atom. The van der Waals surface area contributed by atoms with Crippen LogP contribution in [0.1, 0.15) is 15.9 Å². The number of carbonyl (C=O) groups excluding carboxylic acids is 1. The first-order chi connectivity index (χ1) is 22.1. The molecule has 6 heterocycles. The number of hydrogen-bond acceptors (Lipinski definition) is 6. The van der Waals surface area contributed by atoms with Gasteiger partial charge >= 0.3 is 0 Å². The summed E-state index contributed by atoms with van der Waals surface area (Å²) in [5, 5.41) is 8.14. The van der Waals surface area contributed by atoms with E-state index < -0.39 is 10.0 Å². The third-order valence-corrected chi connectivity index (χ3v) is 9.95. The van der Waals surface area contributed by atoms with Crippen molar-refractivity contribution in [2.24, 2.45) is 0 Å². The predicted molar refractivity (Wildman–Crippen MR) is 175 cm³/mol. The Kier molecular flexibility index (Phi) is 6.10. The topological polar surface area (TPSA) is 115 Å². The van der Waals surface area contributed by atoms with E-state index in [-0.39, 0.29) is 11.7 Å². The van der Waals surface area contributed by atoms with Gasteiger partial charge in [0.05, 0.1) is 57.4 Å². The first-order valence-electron chi connectivity index (χ1n) is 14.6. The Labute approximate surface area is 262 Å². The molecule has 0 bridgehead atoms. The second kappa shape index (κ2) is 10.0. The zero-order valence-electron chi connectivity index (χ0n) is 25.1. The van der Waals surface area contributed by atoms with Gasteiger partial charge in [0.1, 0.15) is 11.4 Å². The molecular weight excluding hydrogens is 607 g/mol. The number of hydrogen-bond donors (Lipinski definition) is 1. The number of halogens is 1. The summed E-state index contributed by atoms with van der Waals surface area (Å²) in [6.07, 6.45) is 5.26. The van der Waals surface area contributed by atoms with Crippen molar-refractivity contribution in [1.82, 2.24) is 24.5 Å². The normalized spacial score (nSPS) is 12.9. The van der Waals surface area contributed by atoms with Crippen LogP contribution in [0.5, 0.6) is 0 Å². The fourth-order valence-electron chi connectivity index (χ4n) is 6.41.